The maximum absolute atomic E-state index is 12.8. The van der Waals surface area contributed by atoms with Crippen LogP contribution in [0.5, 0.6) is 0 Å². The smallest absolute Gasteiger partial charge is 0.306 e. The first-order valence-electron chi connectivity index (χ1n) is 28.4. The molecule has 394 valence electrons. The number of unbranched alkanes of at least 4 members (excludes halogenated alkanes) is 31. The molecule has 0 radical (unpaired) electrons. The predicted molar refractivity (Wildman–Crippen MR) is 286 cm³/mol. The second-order valence-corrected chi connectivity index (χ2v) is 21.7. The molecule has 0 aromatic heterocycles. The van der Waals surface area contributed by atoms with Crippen molar-refractivity contribution in [3.8, 4) is 0 Å². The summed E-state index contributed by atoms with van der Waals surface area (Å²) in [5, 5.41) is 0. The van der Waals surface area contributed by atoms with Crippen LogP contribution in [-0.2, 0) is 27.9 Å². The van der Waals surface area contributed by atoms with Crippen molar-refractivity contribution >= 4 is 13.8 Å². The average Bonchev–Trinajstić information content (AvgIpc) is 3.29. The summed E-state index contributed by atoms with van der Waals surface area (Å²) in [6, 6.07) is 0. The molecule has 0 spiro atoms. The van der Waals surface area contributed by atoms with Gasteiger partial charge in [0.2, 0.25) is 0 Å². The molecule has 2 atom stereocenters. The number of rotatable bonds is 53. The molecule has 0 aliphatic rings. The van der Waals surface area contributed by atoms with Crippen molar-refractivity contribution in [3.63, 3.8) is 0 Å². The summed E-state index contributed by atoms with van der Waals surface area (Å²) in [6.45, 7) is 5.42. The topological polar surface area (TPSA) is 94.1 Å². The summed E-state index contributed by atoms with van der Waals surface area (Å²) < 4.78 is 34.8. The number of esters is 1. The normalized spacial score (nSPS) is 13.8. The lowest BCUT2D eigenvalue weighted by Crippen LogP contribution is -2.37. The standard InChI is InChI=1S/C58H110NO7P/c1-6-8-10-12-14-16-18-20-22-24-26-28-30-31-33-35-37-39-41-43-45-47-49-51-58(60)66-57(56-65-67(61,62)64-54-52-59(3,4)5)55-63-53-50-48-46-44-42-40-38-36-34-32-29-27-25-23-21-19-17-15-13-11-9-7-2/h18,20,24-27,30-31,57H,6-17,19,21-23,28-29,32-56H2,1-5H3/b20-18-,26-24-,27-25-,31-30-. The van der Waals surface area contributed by atoms with Crippen molar-refractivity contribution in [2.45, 2.75) is 264 Å². The van der Waals surface area contributed by atoms with Crippen LogP contribution in [0.2, 0.25) is 0 Å². The molecule has 0 amide bonds. The van der Waals surface area contributed by atoms with E-state index in [-0.39, 0.29) is 25.8 Å². The molecule has 0 bridgehead atoms. The van der Waals surface area contributed by atoms with Gasteiger partial charge in [0.15, 0.2) is 0 Å². The van der Waals surface area contributed by atoms with Gasteiger partial charge in [-0.15, -0.1) is 0 Å². The summed E-state index contributed by atoms with van der Waals surface area (Å²) >= 11 is 0. The number of likely N-dealkylation sites (N-methyl/N-ethyl adjacent to an activating group) is 1. The van der Waals surface area contributed by atoms with E-state index in [2.05, 4.69) is 62.5 Å². The lowest BCUT2D eigenvalue weighted by atomic mass is 10.1. The second-order valence-electron chi connectivity index (χ2n) is 20.3. The minimum absolute atomic E-state index is 0.0237. The molecule has 0 saturated heterocycles. The number of carbonyl (C=O) groups excluding carboxylic acids is 1. The maximum atomic E-state index is 12.8. The Hall–Kier alpha value is -1.54. The van der Waals surface area contributed by atoms with Gasteiger partial charge in [0.05, 0.1) is 34.4 Å². The van der Waals surface area contributed by atoms with E-state index in [0.29, 0.717) is 24.1 Å². The van der Waals surface area contributed by atoms with Crippen LogP contribution >= 0.6 is 7.82 Å². The molecule has 8 nitrogen and oxygen atoms in total. The molecule has 0 heterocycles. The first-order chi connectivity index (χ1) is 32.6. The molecule has 0 aromatic carbocycles. The number of hydrogen-bond acceptors (Lipinski definition) is 7. The molecule has 0 N–H and O–H groups in total. The summed E-state index contributed by atoms with van der Waals surface area (Å²) in [5.74, 6) is -0.339. The number of carbonyl (C=O) groups is 1. The first-order valence-corrected chi connectivity index (χ1v) is 29.8. The van der Waals surface area contributed by atoms with Gasteiger partial charge in [-0.25, -0.2) is 0 Å². The van der Waals surface area contributed by atoms with E-state index in [1.54, 1.807) is 0 Å². The van der Waals surface area contributed by atoms with Crippen LogP contribution in [0.25, 0.3) is 0 Å². The quantitative estimate of drug-likeness (QED) is 0.0197. The fourth-order valence-electron chi connectivity index (χ4n) is 7.96. The third-order valence-corrected chi connectivity index (χ3v) is 13.3. The zero-order valence-electron chi connectivity index (χ0n) is 44.9. The molecule has 67 heavy (non-hydrogen) atoms. The zero-order chi connectivity index (χ0) is 49.0. The van der Waals surface area contributed by atoms with Crippen molar-refractivity contribution < 1.29 is 37.3 Å². The second kappa shape index (κ2) is 50.8. The van der Waals surface area contributed by atoms with Gasteiger partial charge in [0.1, 0.15) is 19.3 Å². The number of phosphoric ester groups is 1. The number of ether oxygens (including phenoxy) is 2. The SMILES string of the molecule is CCCCCCC/C=C\C/C=C\C/C=C\CCCCCCCCCCC(=O)OC(COCCCCCCCCCCCC/C=C\CCCCCCCCCC)COP(=O)([O-])OCC[N+](C)(C)C. The number of phosphoric acid groups is 1. The van der Waals surface area contributed by atoms with Gasteiger partial charge < -0.3 is 27.9 Å². The van der Waals surface area contributed by atoms with Gasteiger partial charge in [-0.05, 0) is 77.0 Å². The average molecular weight is 964 g/mol. The summed E-state index contributed by atoms with van der Waals surface area (Å²) in [4.78, 5) is 25.2. The predicted octanol–water partition coefficient (Wildman–Crippen LogP) is 17.2. The van der Waals surface area contributed by atoms with E-state index in [1.807, 2.05) is 21.1 Å². The van der Waals surface area contributed by atoms with Crippen LogP contribution in [-0.4, -0.2) is 70.7 Å². The molecule has 0 aromatic rings. The first kappa shape index (κ1) is 65.5. The molecule has 9 heteroatoms. The Bertz CT molecular complexity index is 1210. The minimum Gasteiger partial charge on any atom is -0.756 e. The van der Waals surface area contributed by atoms with Gasteiger partial charge >= 0.3 is 5.97 Å². The monoisotopic (exact) mass is 964 g/mol. The van der Waals surface area contributed by atoms with E-state index in [0.717, 1.165) is 51.4 Å². The van der Waals surface area contributed by atoms with Crippen LogP contribution < -0.4 is 4.89 Å². The maximum Gasteiger partial charge on any atom is 0.306 e. The molecular formula is C58H110NO7P. The highest BCUT2D eigenvalue weighted by Gasteiger charge is 2.20. The number of hydrogen-bond donors (Lipinski definition) is 0. The number of quaternary nitrogens is 1. The Balaban J connectivity index is 4.11. The van der Waals surface area contributed by atoms with Crippen molar-refractivity contribution in [1.29, 1.82) is 0 Å². The highest BCUT2D eigenvalue weighted by Crippen LogP contribution is 2.38. The van der Waals surface area contributed by atoms with Crippen molar-refractivity contribution in [2.24, 2.45) is 0 Å². The molecule has 0 rings (SSSR count). The summed E-state index contributed by atoms with van der Waals surface area (Å²) in [7, 11) is 1.35. The van der Waals surface area contributed by atoms with Gasteiger partial charge in [-0.3, -0.25) is 9.36 Å². The van der Waals surface area contributed by atoms with Crippen LogP contribution in [0.15, 0.2) is 48.6 Å². The molecule has 0 aliphatic heterocycles. The molecule has 0 fully saturated rings. The van der Waals surface area contributed by atoms with E-state index < -0.39 is 13.9 Å². The summed E-state index contributed by atoms with van der Waals surface area (Å²) in [6.07, 6.45) is 64.3. The van der Waals surface area contributed by atoms with Gasteiger partial charge in [-0.1, -0.05) is 223 Å². The molecule has 0 aliphatic carbocycles. The third kappa shape index (κ3) is 55.3. The van der Waals surface area contributed by atoms with Crippen LogP contribution in [0.1, 0.15) is 258 Å². The fraction of sp³-hybridized carbons (Fsp3) is 0.845. The van der Waals surface area contributed by atoms with Crippen molar-refractivity contribution in [3.05, 3.63) is 48.6 Å². The highest BCUT2D eigenvalue weighted by atomic mass is 31.2. The fourth-order valence-corrected chi connectivity index (χ4v) is 8.69. The largest absolute Gasteiger partial charge is 0.756 e. The van der Waals surface area contributed by atoms with Gasteiger partial charge in [-0.2, -0.15) is 0 Å². The summed E-state index contributed by atoms with van der Waals surface area (Å²) in [5.41, 5.74) is 0. The lowest BCUT2D eigenvalue weighted by Gasteiger charge is -2.28. The van der Waals surface area contributed by atoms with E-state index in [1.165, 1.54) is 186 Å². The molecule has 2 unspecified atom stereocenters. The van der Waals surface area contributed by atoms with E-state index in [4.69, 9.17) is 18.5 Å². The van der Waals surface area contributed by atoms with E-state index >= 15 is 0 Å². The Kier molecular flexibility index (Phi) is 49.7. The Morgan fingerprint density at radius 2 is 0.821 bits per heavy atom. The molecular weight excluding hydrogens is 854 g/mol. The van der Waals surface area contributed by atoms with Crippen LogP contribution in [0.4, 0.5) is 0 Å². The van der Waals surface area contributed by atoms with Crippen molar-refractivity contribution in [1.82, 2.24) is 0 Å². The van der Waals surface area contributed by atoms with E-state index in [9.17, 15) is 14.3 Å². The van der Waals surface area contributed by atoms with Crippen molar-refractivity contribution in [2.75, 3.05) is 54.1 Å². The van der Waals surface area contributed by atoms with Gasteiger partial charge in [0.25, 0.3) is 7.82 Å². The Morgan fingerprint density at radius 3 is 1.24 bits per heavy atom. The number of allylic oxidation sites excluding steroid dienone is 8. The van der Waals surface area contributed by atoms with Crippen LogP contribution in [0.3, 0.4) is 0 Å². The van der Waals surface area contributed by atoms with Crippen LogP contribution in [0, 0.1) is 0 Å². The lowest BCUT2D eigenvalue weighted by molar-refractivity contribution is -0.870. The van der Waals surface area contributed by atoms with Gasteiger partial charge in [0, 0.05) is 13.0 Å². The third-order valence-electron chi connectivity index (χ3n) is 12.4. The molecule has 0 saturated carbocycles. The highest BCUT2D eigenvalue weighted by molar-refractivity contribution is 7.45. The number of nitrogens with zero attached hydrogens (tertiary/aromatic N) is 1. The zero-order valence-corrected chi connectivity index (χ0v) is 45.7. The minimum atomic E-state index is -4.54. The Morgan fingerprint density at radius 1 is 0.463 bits per heavy atom. The Labute approximate surface area is 416 Å².